The number of hydrogen-bond donors (Lipinski definition) is 3. The summed E-state index contributed by atoms with van der Waals surface area (Å²) >= 11 is 0. The van der Waals surface area contributed by atoms with E-state index in [2.05, 4.69) is 16.4 Å². The van der Waals surface area contributed by atoms with E-state index in [0.29, 0.717) is 23.6 Å². The van der Waals surface area contributed by atoms with Gasteiger partial charge in [-0.2, -0.15) is 0 Å². The molecule has 2 amide bonds. The zero-order valence-corrected chi connectivity index (χ0v) is 19.5. The standard InChI is InChI=1S/C27H27N3O5/c1-33-19-10-7-17(8-11-19)21(22-15-29-23-6-4-3-5-20(22)23)14-30-27(32)18-9-12-24(25(13-18)34-2)35-16-26(28)31/h3-13,15,21,29H,14,16H2,1-2H3,(H2,28,31)(H,30,32)/t21-/m0/s1. The van der Waals surface area contributed by atoms with E-state index in [4.69, 9.17) is 19.9 Å². The van der Waals surface area contributed by atoms with Crippen LogP contribution < -0.4 is 25.3 Å². The van der Waals surface area contributed by atoms with Gasteiger partial charge in [-0.1, -0.05) is 30.3 Å². The van der Waals surface area contributed by atoms with Crippen LogP contribution in [0.15, 0.2) is 72.9 Å². The molecule has 1 aromatic heterocycles. The smallest absolute Gasteiger partial charge is 0.255 e. The fourth-order valence-corrected chi connectivity index (χ4v) is 4.00. The molecular formula is C27H27N3O5. The summed E-state index contributed by atoms with van der Waals surface area (Å²) in [6.07, 6.45) is 1.99. The number of aromatic amines is 1. The molecule has 4 aromatic rings. The van der Waals surface area contributed by atoms with Gasteiger partial charge in [-0.15, -0.1) is 0 Å². The van der Waals surface area contributed by atoms with E-state index < -0.39 is 5.91 Å². The summed E-state index contributed by atoms with van der Waals surface area (Å²) in [5.74, 6) is 0.473. The van der Waals surface area contributed by atoms with Crippen LogP contribution in [-0.4, -0.2) is 44.2 Å². The normalized spacial score (nSPS) is 11.6. The molecule has 35 heavy (non-hydrogen) atoms. The number of carbonyl (C=O) groups excluding carboxylic acids is 2. The quantitative estimate of drug-likeness (QED) is 0.325. The Kier molecular flexibility index (Phi) is 7.21. The summed E-state index contributed by atoms with van der Waals surface area (Å²) in [5, 5.41) is 4.14. The summed E-state index contributed by atoms with van der Waals surface area (Å²) in [6, 6.07) is 20.7. The highest BCUT2D eigenvalue weighted by atomic mass is 16.5. The van der Waals surface area contributed by atoms with E-state index in [-0.39, 0.29) is 18.4 Å². The van der Waals surface area contributed by atoms with E-state index in [0.717, 1.165) is 27.8 Å². The first kappa shape index (κ1) is 23.7. The second-order valence-electron chi connectivity index (χ2n) is 7.95. The Balaban J connectivity index is 1.58. The Morgan fingerprint density at radius 3 is 2.46 bits per heavy atom. The molecule has 1 heterocycles. The molecule has 8 nitrogen and oxygen atoms in total. The van der Waals surface area contributed by atoms with Crippen molar-refractivity contribution in [2.75, 3.05) is 27.4 Å². The number of nitrogens with one attached hydrogen (secondary N) is 2. The largest absolute Gasteiger partial charge is 0.497 e. The van der Waals surface area contributed by atoms with E-state index >= 15 is 0 Å². The Labute approximate surface area is 203 Å². The monoisotopic (exact) mass is 473 g/mol. The number of H-pyrrole nitrogens is 1. The molecule has 0 unspecified atom stereocenters. The minimum Gasteiger partial charge on any atom is -0.497 e. The van der Waals surface area contributed by atoms with E-state index in [1.165, 1.54) is 7.11 Å². The molecule has 4 rings (SSSR count). The van der Waals surface area contributed by atoms with Gasteiger partial charge in [-0.05, 0) is 47.5 Å². The molecule has 0 aliphatic carbocycles. The highest BCUT2D eigenvalue weighted by molar-refractivity contribution is 5.95. The molecule has 0 bridgehead atoms. The maximum atomic E-state index is 13.1. The molecule has 3 aromatic carbocycles. The average molecular weight is 474 g/mol. The van der Waals surface area contributed by atoms with Gasteiger partial charge >= 0.3 is 0 Å². The fraction of sp³-hybridized carbons (Fsp3) is 0.185. The first-order valence-corrected chi connectivity index (χ1v) is 11.1. The van der Waals surface area contributed by atoms with Gasteiger partial charge in [0.05, 0.1) is 14.2 Å². The second-order valence-corrected chi connectivity index (χ2v) is 7.95. The summed E-state index contributed by atoms with van der Waals surface area (Å²) < 4.78 is 16.0. The number of aromatic nitrogens is 1. The molecule has 0 fully saturated rings. The van der Waals surface area contributed by atoms with Crippen molar-refractivity contribution < 1.29 is 23.8 Å². The molecule has 1 atom stereocenters. The van der Waals surface area contributed by atoms with Crippen molar-refractivity contribution in [2.45, 2.75) is 5.92 Å². The average Bonchev–Trinajstić information content (AvgIpc) is 3.31. The van der Waals surface area contributed by atoms with Gasteiger partial charge in [0.2, 0.25) is 0 Å². The number of fused-ring (bicyclic) bond motifs is 1. The van der Waals surface area contributed by atoms with E-state index in [1.54, 1.807) is 25.3 Å². The van der Waals surface area contributed by atoms with Crippen LogP contribution in [0.2, 0.25) is 0 Å². The molecule has 0 spiro atoms. The number of nitrogens with two attached hydrogens (primary N) is 1. The predicted octanol–water partition coefficient (Wildman–Crippen LogP) is 3.61. The van der Waals surface area contributed by atoms with Gasteiger partial charge in [0.15, 0.2) is 18.1 Å². The topological polar surface area (TPSA) is 116 Å². The third-order valence-corrected chi connectivity index (χ3v) is 5.78. The van der Waals surface area contributed by atoms with Crippen LogP contribution in [0.1, 0.15) is 27.4 Å². The minimum absolute atomic E-state index is 0.0962. The number of primary amides is 1. The first-order valence-electron chi connectivity index (χ1n) is 11.1. The molecule has 0 radical (unpaired) electrons. The minimum atomic E-state index is -0.601. The molecule has 180 valence electrons. The summed E-state index contributed by atoms with van der Waals surface area (Å²) in [5.41, 5.74) is 8.70. The lowest BCUT2D eigenvalue weighted by Crippen LogP contribution is -2.29. The van der Waals surface area contributed by atoms with Crippen molar-refractivity contribution in [1.82, 2.24) is 10.3 Å². The Bertz CT molecular complexity index is 1330. The van der Waals surface area contributed by atoms with E-state index in [1.807, 2.05) is 48.7 Å². The van der Waals surface area contributed by atoms with Crippen LogP contribution in [0, 0.1) is 0 Å². The van der Waals surface area contributed by atoms with Crippen LogP contribution >= 0.6 is 0 Å². The molecular weight excluding hydrogens is 446 g/mol. The number of para-hydroxylation sites is 1. The van der Waals surface area contributed by atoms with Gasteiger partial charge in [-0.3, -0.25) is 9.59 Å². The maximum absolute atomic E-state index is 13.1. The molecule has 0 saturated carbocycles. The molecule has 8 heteroatoms. The predicted molar refractivity (Wildman–Crippen MR) is 133 cm³/mol. The van der Waals surface area contributed by atoms with Crippen molar-refractivity contribution in [3.05, 3.63) is 89.6 Å². The number of methoxy groups -OCH3 is 2. The summed E-state index contributed by atoms with van der Waals surface area (Å²) in [6.45, 7) is 0.0886. The van der Waals surface area contributed by atoms with Crippen LogP contribution in [-0.2, 0) is 4.79 Å². The second kappa shape index (κ2) is 10.6. The Hall–Kier alpha value is -4.46. The van der Waals surface area contributed by atoms with E-state index in [9.17, 15) is 9.59 Å². The zero-order valence-electron chi connectivity index (χ0n) is 19.5. The van der Waals surface area contributed by atoms with Gasteiger partial charge < -0.3 is 30.2 Å². The summed E-state index contributed by atoms with van der Waals surface area (Å²) in [7, 11) is 3.09. The molecule has 0 saturated heterocycles. The third kappa shape index (κ3) is 5.38. The van der Waals surface area contributed by atoms with Crippen LogP contribution in [0.3, 0.4) is 0 Å². The molecule has 0 aliphatic heterocycles. The number of rotatable bonds is 10. The first-order chi connectivity index (χ1) is 17.0. The Morgan fingerprint density at radius 1 is 0.971 bits per heavy atom. The maximum Gasteiger partial charge on any atom is 0.255 e. The lowest BCUT2D eigenvalue weighted by molar-refractivity contribution is -0.119. The van der Waals surface area contributed by atoms with Gasteiger partial charge in [0.1, 0.15) is 5.75 Å². The highest BCUT2D eigenvalue weighted by Gasteiger charge is 2.20. The van der Waals surface area contributed by atoms with Crippen LogP contribution in [0.25, 0.3) is 10.9 Å². The number of benzene rings is 3. The van der Waals surface area contributed by atoms with Crippen molar-refractivity contribution >= 4 is 22.7 Å². The van der Waals surface area contributed by atoms with Crippen molar-refractivity contribution in [2.24, 2.45) is 5.73 Å². The third-order valence-electron chi connectivity index (χ3n) is 5.78. The number of ether oxygens (including phenoxy) is 3. The van der Waals surface area contributed by atoms with Crippen molar-refractivity contribution in [3.8, 4) is 17.2 Å². The van der Waals surface area contributed by atoms with Crippen molar-refractivity contribution in [3.63, 3.8) is 0 Å². The van der Waals surface area contributed by atoms with Gasteiger partial charge in [0, 0.05) is 35.1 Å². The van der Waals surface area contributed by atoms with Gasteiger partial charge in [0.25, 0.3) is 11.8 Å². The lowest BCUT2D eigenvalue weighted by Gasteiger charge is -2.19. The Morgan fingerprint density at radius 2 is 1.74 bits per heavy atom. The molecule has 4 N–H and O–H groups in total. The number of hydrogen-bond acceptors (Lipinski definition) is 5. The SMILES string of the molecule is COc1ccc([C@H](CNC(=O)c2ccc(OCC(N)=O)c(OC)c2)c2c[nH]c3ccccc23)cc1. The van der Waals surface area contributed by atoms with Crippen LogP contribution in [0.4, 0.5) is 0 Å². The lowest BCUT2D eigenvalue weighted by atomic mass is 9.90. The van der Waals surface area contributed by atoms with Gasteiger partial charge in [-0.25, -0.2) is 0 Å². The molecule has 0 aliphatic rings. The van der Waals surface area contributed by atoms with Crippen molar-refractivity contribution in [1.29, 1.82) is 0 Å². The van der Waals surface area contributed by atoms with Crippen LogP contribution in [0.5, 0.6) is 17.2 Å². The summed E-state index contributed by atoms with van der Waals surface area (Å²) in [4.78, 5) is 27.4. The number of carbonyl (C=O) groups is 2. The fourth-order valence-electron chi connectivity index (χ4n) is 4.00. The highest BCUT2D eigenvalue weighted by Crippen LogP contribution is 2.32. The number of amides is 2. The zero-order chi connectivity index (χ0) is 24.8.